The molecule has 3 atom stereocenters. The number of nitrogens with two attached hydrogens (primary N) is 2. The zero-order chi connectivity index (χ0) is 32.4. The van der Waals surface area contributed by atoms with Gasteiger partial charge in [-0.1, -0.05) is 50.2 Å². The van der Waals surface area contributed by atoms with Gasteiger partial charge in [-0.2, -0.15) is 0 Å². The third-order valence-corrected chi connectivity index (χ3v) is 7.52. The first kappa shape index (κ1) is 33.7. The van der Waals surface area contributed by atoms with Crippen LogP contribution in [-0.4, -0.2) is 65.2 Å². The molecule has 44 heavy (non-hydrogen) atoms. The molecule has 8 N–H and O–H groups in total. The summed E-state index contributed by atoms with van der Waals surface area (Å²) >= 11 is 0. The van der Waals surface area contributed by atoms with E-state index < -0.39 is 35.6 Å². The van der Waals surface area contributed by atoms with Crippen molar-refractivity contribution in [3.8, 4) is 0 Å². The van der Waals surface area contributed by atoms with Crippen molar-refractivity contribution >= 4 is 35.5 Å². The molecule has 0 bridgehead atoms. The quantitative estimate of drug-likeness (QED) is 0.0430. The largest absolute Gasteiger partial charge is 0.370 e. The first-order valence-electron chi connectivity index (χ1n) is 14.5. The number of aliphatic imine (C=N–C) groups is 1. The van der Waals surface area contributed by atoms with Crippen LogP contribution in [0.2, 0.25) is 0 Å². The Labute approximate surface area is 256 Å². The van der Waals surface area contributed by atoms with E-state index >= 15 is 0 Å². The van der Waals surface area contributed by atoms with Crippen molar-refractivity contribution in [2.24, 2.45) is 34.2 Å². The molecule has 0 fully saturated rings. The second kappa shape index (κ2) is 15.6. The van der Waals surface area contributed by atoms with Crippen molar-refractivity contribution in [2.75, 3.05) is 13.6 Å². The number of likely N-dealkylation sites (N-methyl/N-ethyl adjacent to an activating group) is 1. The van der Waals surface area contributed by atoms with Crippen LogP contribution in [0.5, 0.6) is 0 Å². The monoisotopic (exact) mass is 607 g/mol. The number of rotatable bonds is 15. The molecule has 2 aromatic carbocycles. The Balaban J connectivity index is 1.76. The van der Waals surface area contributed by atoms with E-state index in [0.717, 1.165) is 0 Å². The van der Waals surface area contributed by atoms with Gasteiger partial charge in [-0.05, 0) is 54.9 Å². The number of nitrogens with one attached hydrogen (secondary N) is 3. The molecule has 13 nitrogen and oxygen atoms in total. The number of hydrogen-bond donors (Lipinski definition) is 6. The number of carbonyl (C=O) groups excluding carboxylic acids is 5. The smallest absolute Gasteiger partial charge is 0.261 e. The van der Waals surface area contributed by atoms with Crippen molar-refractivity contribution in [2.45, 2.75) is 52.1 Å². The van der Waals surface area contributed by atoms with Gasteiger partial charge >= 0.3 is 0 Å². The van der Waals surface area contributed by atoms with Gasteiger partial charge in [0.1, 0.15) is 6.04 Å². The maximum Gasteiger partial charge on any atom is 0.261 e. The van der Waals surface area contributed by atoms with E-state index in [1.165, 1.54) is 11.9 Å². The first-order valence-corrected chi connectivity index (χ1v) is 14.5. The van der Waals surface area contributed by atoms with Gasteiger partial charge in [0.15, 0.2) is 5.96 Å². The van der Waals surface area contributed by atoms with E-state index in [1.807, 2.05) is 13.8 Å². The van der Waals surface area contributed by atoms with Crippen molar-refractivity contribution in [3.63, 3.8) is 0 Å². The minimum Gasteiger partial charge on any atom is -0.370 e. The maximum atomic E-state index is 13.6. The number of benzene rings is 2. The average Bonchev–Trinajstić information content (AvgIpc) is 3.24. The SMILES string of the molecule is CNC(=O)[C@H](CCCN=C(N)N)NC(=O)[C@@H](CC(C)C)C(Cc1ccc(CN2C(=O)c3ccccc3C2=O)cc1)C(=O)NO. The van der Waals surface area contributed by atoms with Gasteiger partial charge in [-0.15, -0.1) is 0 Å². The Kier molecular flexibility index (Phi) is 12.0. The Morgan fingerprint density at radius 3 is 2.00 bits per heavy atom. The van der Waals surface area contributed by atoms with E-state index in [4.69, 9.17) is 11.5 Å². The van der Waals surface area contributed by atoms with Crippen LogP contribution < -0.4 is 27.6 Å². The fraction of sp³-hybridized carbons (Fsp3) is 0.419. The molecule has 0 aliphatic carbocycles. The van der Waals surface area contributed by atoms with Crippen molar-refractivity contribution in [3.05, 3.63) is 70.8 Å². The van der Waals surface area contributed by atoms with Crippen molar-refractivity contribution in [1.29, 1.82) is 0 Å². The molecule has 0 saturated carbocycles. The molecule has 1 unspecified atom stereocenters. The van der Waals surface area contributed by atoms with Crippen LogP contribution in [0.15, 0.2) is 53.5 Å². The summed E-state index contributed by atoms with van der Waals surface area (Å²) in [5.74, 6) is -4.23. The summed E-state index contributed by atoms with van der Waals surface area (Å²) in [5.41, 5.74) is 14.6. The Morgan fingerprint density at radius 1 is 0.886 bits per heavy atom. The lowest BCUT2D eigenvalue weighted by Gasteiger charge is -2.28. The van der Waals surface area contributed by atoms with E-state index in [9.17, 15) is 29.2 Å². The standard InChI is InChI=1S/C31H41N7O6/c1-18(2)15-23(26(39)36-25(28(41)34-3)9-6-14-35-31(32)33)24(27(40)37-44)16-19-10-12-20(13-11-19)17-38-29(42)21-7-4-5-8-22(21)30(38)43/h4-5,7-8,10-13,18,23-25,44H,6,9,14-17H2,1-3H3,(H,34,41)(H,36,39)(H,37,40)(H4,32,33,35)/t23-,24?,25-/m0/s1. The lowest BCUT2D eigenvalue weighted by Crippen LogP contribution is -2.50. The predicted molar refractivity (Wildman–Crippen MR) is 163 cm³/mol. The second-order valence-corrected chi connectivity index (χ2v) is 11.2. The fourth-order valence-corrected chi connectivity index (χ4v) is 5.29. The summed E-state index contributed by atoms with van der Waals surface area (Å²) in [6.45, 7) is 4.18. The molecule has 0 spiro atoms. The van der Waals surface area contributed by atoms with Crippen LogP contribution in [0.25, 0.3) is 0 Å². The van der Waals surface area contributed by atoms with Crippen LogP contribution in [0.1, 0.15) is 65.0 Å². The van der Waals surface area contributed by atoms with Gasteiger partial charge < -0.3 is 22.1 Å². The summed E-state index contributed by atoms with van der Waals surface area (Å²) in [4.78, 5) is 69.7. The number of guanidine groups is 1. The van der Waals surface area contributed by atoms with Crippen LogP contribution >= 0.6 is 0 Å². The topological polar surface area (TPSA) is 209 Å². The van der Waals surface area contributed by atoms with Gasteiger partial charge in [-0.3, -0.25) is 39.1 Å². The number of carbonyl (C=O) groups is 5. The zero-order valence-corrected chi connectivity index (χ0v) is 25.2. The van der Waals surface area contributed by atoms with E-state index in [-0.39, 0.29) is 49.6 Å². The van der Waals surface area contributed by atoms with Crippen LogP contribution in [-0.2, 0) is 27.3 Å². The summed E-state index contributed by atoms with van der Waals surface area (Å²) in [5, 5.41) is 14.9. The summed E-state index contributed by atoms with van der Waals surface area (Å²) < 4.78 is 0. The summed E-state index contributed by atoms with van der Waals surface area (Å²) in [6.07, 6.45) is 1.12. The third-order valence-electron chi connectivity index (χ3n) is 7.52. The molecule has 3 rings (SSSR count). The molecule has 1 aliphatic heterocycles. The molecule has 2 aromatic rings. The first-order chi connectivity index (χ1) is 21.0. The van der Waals surface area contributed by atoms with Crippen LogP contribution in [0.4, 0.5) is 0 Å². The summed E-state index contributed by atoms with van der Waals surface area (Å²) in [7, 11) is 1.46. The Bertz CT molecular complexity index is 1350. The molecule has 1 heterocycles. The minimum atomic E-state index is -0.962. The molecule has 0 radical (unpaired) electrons. The highest BCUT2D eigenvalue weighted by atomic mass is 16.5. The highest BCUT2D eigenvalue weighted by molar-refractivity contribution is 6.21. The number of hydrogen-bond acceptors (Lipinski definition) is 7. The van der Waals surface area contributed by atoms with Crippen LogP contribution in [0, 0.1) is 17.8 Å². The summed E-state index contributed by atoms with van der Waals surface area (Å²) in [6, 6.07) is 12.8. The highest BCUT2D eigenvalue weighted by Crippen LogP contribution is 2.27. The normalized spacial score (nSPS) is 14.4. The number of fused-ring (bicyclic) bond motifs is 1. The second-order valence-electron chi connectivity index (χ2n) is 11.2. The molecule has 1 aliphatic rings. The predicted octanol–water partition coefficient (Wildman–Crippen LogP) is 1.09. The van der Waals surface area contributed by atoms with Gasteiger partial charge in [0.2, 0.25) is 17.7 Å². The maximum absolute atomic E-state index is 13.6. The lowest BCUT2D eigenvalue weighted by atomic mass is 9.80. The Hall–Kier alpha value is -4.78. The van der Waals surface area contributed by atoms with Crippen molar-refractivity contribution < 1.29 is 29.2 Å². The highest BCUT2D eigenvalue weighted by Gasteiger charge is 2.37. The molecule has 0 aromatic heterocycles. The van der Waals surface area contributed by atoms with Crippen LogP contribution in [0.3, 0.4) is 0 Å². The van der Waals surface area contributed by atoms with E-state index in [1.54, 1.807) is 54.0 Å². The fourth-order valence-electron chi connectivity index (χ4n) is 5.29. The van der Waals surface area contributed by atoms with Gasteiger partial charge in [-0.25, -0.2) is 5.48 Å². The van der Waals surface area contributed by atoms with Gasteiger partial charge in [0.25, 0.3) is 11.8 Å². The van der Waals surface area contributed by atoms with E-state index in [0.29, 0.717) is 35.1 Å². The molecule has 0 saturated heterocycles. The number of imide groups is 1. The zero-order valence-electron chi connectivity index (χ0n) is 25.2. The lowest BCUT2D eigenvalue weighted by molar-refractivity contribution is -0.141. The number of hydroxylamine groups is 1. The molecule has 13 heteroatoms. The Morgan fingerprint density at radius 2 is 1.48 bits per heavy atom. The molecule has 5 amide bonds. The minimum absolute atomic E-state index is 0.0158. The molecular formula is C31H41N7O6. The number of amides is 5. The van der Waals surface area contributed by atoms with Gasteiger partial charge in [0, 0.05) is 13.6 Å². The van der Waals surface area contributed by atoms with Crippen molar-refractivity contribution in [1.82, 2.24) is 21.0 Å². The average molecular weight is 608 g/mol. The van der Waals surface area contributed by atoms with E-state index in [2.05, 4.69) is 15.6 Å². The number of nitrogens with zero attached hydrogens (tertiary/aromatic N) is 2. The molecule has 236 valence electrons. The third kappa shape index (κ3) is 8.63. The molecular weight excluding hydrogens is 566 g/mol. The van der Waals surface area contributed by atoms with Gasteiger partial charge in [0.05, 0.1) is 29.5 Å².